The molecule has 0 unspecified atom stereocenters. The quantitative estimate of drug-likeness (QED) is 0.871. The van der Waals surface area contributed by atoms with Gasteiger partial charge >= 0.3 is 0 Å². The highest BCUT2D eigenvalue weighted by Gasteiger charge is 2.17. The van der Waals surface area contributed by atoms with Crippen LogP contribution in [0.15, 0.2) is 42.5 Å². The standard InChI is InChI=1S/C15H11ClFNO2/c1-9(19)10-5-2-3-8-13(10)18-15(20)14-11(16)6-4-7-12(14)17/h2-8H,1H3,(H,18,20). The summed E-state index contributed by atoms with van der Waals surface area (Å²) in [6, 6.07) is 10.5. The Hall–Kier alpha value is -2.20. The molecular weight excluding hydrogens is 281 g/mol. The van der Waals surface area contributed by atoms with E-state index in [1.807, 2.05) is 0 Å². The monoisotopic (exact) mass is 291 g/mol. The molecule has 1 N–H and O–H groups in total. The minimum Gasteiger partial charge on any atom is -0.321 e. The van der Waals surface area contributed by atoms with Gasteiger partial charge in [-0.2, -0.15) is 0 Å². The summed E-state index contributed by atoms with van der Waals surface area (Å²) in [5.41, 5.74) is 0.435. The number of nitrogens with one attached hydrogen (secondary N) is 1. The van der Waals surface area contributed by atoms with Crippen LogP contribution in [0.4, 0.5) is 10.1 Å². The second kappa shape index (κ2) is 5.84. The van der Waals surface area contributed by atoms with E-state index in [0.29, 0.717) is 11.3 Å². The second-order valence-electron chi connectivity index (χ2n) is 4.15. The summed E-state index contributed by atoms with van der Waals surface area (Å²) in [4.78, 5) is 23.6. The van der Waals surface area contributed by atoms with E-state index in [-0.39, 0.29) is 16.4 Å². The predicted octanol–water partition coefficient (Wildman–Crippen LogP) is 3.93. The van der Waals surface area contributed by atoms with Gasteiger partial charge in [0.25, 0.3) is 5.91 Å². The minimum atomic E-state index is -0.713. The molecule has 0 spiro atoms. The summed E-state index contributed by atoms with van der Waals surface area (Å²) in [5.74, 6) is -1.60. The van der Waals surface area contributed by atoms with Crippen LogP contribution in [0.5, 0.6) is 0 Å². The Balaban J connectivity index is 2.36. The van der Waals surface area contributed by atoms with Crippen LogP contribution in [0.25, 0.3) is 0 Å². The Morgan fingerprint density at radius 2 is 1.80 bits per heavy atom. The number of carbonyl (C=O) groups excluding carboxylic acids is 2. The van der Waals surface area contributed by atoms with Crippen molar-refractivity contribution in [2.75, 3.05) is 5.32 Å². The van der Waals surface area contributed by atoms with Gasteiger partial charge in [-0.1, -0.05) is 29.8 Å². The molecule has 2 aromatic rings. The van der Waals surface area contributed by atoms with E-state index in [4.69, 9.17) is 11.6 Å². The van der Waals surface area contributed by atoms with Crippen molar-refractivity contribution in [3.63, 3.8) is 0 Å². The molecular formula is C15H11ClFNO2. The summed E-state index contributed by atoms with van der Waals surface area (Å²) < 4.78 is 13.7. The van der Waals surface area contributed by atoms with Crippen molar-refractivity contribution in [3.05, 3.63) is 64.4 Å². The van der Waals surface area contributed by atoms with Gasteiger partial charge in [0, 0.05) is 5.56 Å². The number of hydrogen-bond donors (Lipinski definition) is 1. The van der Waals surface area contributed by atoms with Gasteiger partial charge in [0.2, 0.25) is 0 Å². The fraction of sp³-hybridized carbons (Fsp3) is 0.0667. The van der Waals surface area contributed by atoms with Gasteiger partial charge in [-0.15, -0.1) is 0 Å². The molecule has 0 aliphatic heterocycles. The van der Waals surface area contributed by atoms with Crippen molar-refractivity contribution >= 4 is 29.0 Å². The minimum absolute atomic E-state index is 0.0165. The van der Waals surface area contributed by atoms with Crippen LogP contribution in [0.1, 0.15) is 27.6 Å². The van der Waals surface area contributed by atoms with Crippen molar-refractivity contribution < 1.29 is 14.0 Å². The third-order valence-electron chi connectivity index (χ3n) is 2.74. The molecule has 0 saturated heterocycles. The van der Waals surface area contributed by atoms with Crippen molar-refractivity contribution in [3.8, 4) is 0 Å². The van der Waals surface area contributed by atoms with E-state index in [1.54, 1.807) is 24.3 Å². The first-order valence-corrected chi connectivity index (χ1v) is 6.24. The van der Waals surface area contributed by atoms with Gasteiger partial charge in [-0.25, -0.2) is 4.39 Å². The number of benzene rings is 2. The number of ketones is 1. The van der Waals surface area contributed by atoms with Crippen LogP contribution in [0.2, 0.25) is 5.02 Å². The van der Waals surface area contributed by atoms with Gasteiger partial charge < -0.3 is 5.32 Å². The molecule has 1 amide bonds. The molecule has 102 valence electrons. The summed E-state index contributed by atoms with van der Waals surface area (Å²) in [6.07, 6.45) is 0. The smallest absolute Gasteiger partial charge is 0.260 e. The van der Waals surface area contributed by atoms with Gasteiger partial charge in [0.05, 0.1) is 16.3 Å². The summed E-state index contributed by atoms with van der Waals surface area (Å²) >= 11 is 5.83. The second-order valence-corrected chi connectivity index (χ2v) is 4.56. The van der Waals surface area contributed by atoms with E-state index < -0.39 is 11.7 Å². The van der Waals surface area contributed by atoms with Crippen molar-refractivity contribution in [2.24, 2.45) is 0 Å². The van der Waals surface area contributed by atoms with Gasteiger partial charge in [-0.3, -0.25) is 9.59 Å². The molecule has 0 atom stereocenters. The van der Waals surface area contributed by atoms with Crippen molar-refractivity contribution in [1.82, 2.24) is 0 Å². The maximum absolute atomic E-state index is 13.7. The average Bonchev–Trinajstić information content (AvgIpc) is 2.38. The number of amides is 1. The summed E-state index contributed by atoms with van der Waals surface area (Å²) in [5, 5.41) is 2.52. The molecule has 0 aromatic heterocycles. The van der Waals surface area contributed by atoms with Crippen LogP contribution < -0.4 is 5.32 Å². The molecule has 5 heteroatoms. The largest absolute Gasteiger partial charge is 0.321 e. The number of Topliss-reactive ketones (excluding diaryl/α,β-unsaturated/α-hetero) is 1. The Morgan fingerprint density at radius 3 is 2.45 bits per heavy atom. The predicted molar refractivity (Wildman–Crippen MR) is 75.8 cm³/mol. The highest BCUT2D eigenvalue weighted by molar-refractivity contribution is 6.34. The maximum Gasteiger partial charge on any atom is 0.260 e. The molecule has 2 rings (SSSR count). The Morgan fingerprint density at radius 1 is 1.10 bits per heavy atom. The first kappa shape index (κ1) is 14.2. The molecule has 0 radical (unpaired) electrons. The van der Waals surface area contributed by atoms with Crippen LogP contribution in [-0.4, -0.2) is 11.7 Å². The third kappa shape index (κ3) is 2.86. The zero-order valence-electron chi connectivity index (χ0n) is 10.6. The zero-order valence-corrected chi connectivity index (χ0v) is 11.4. The molecule has 2 aromatic carbocycles. The summed E-state index contributed by atoms with van der Waals surface area (Å²) in [6.45, 7) is 1.39. The number of anilines is 1. The molecule has 0 bridgehead atoms. The van der Waals surface area contributed by atoms with Gasteiger partial charge in [0.15, 0.2) is 5.78 Å². The van der Waals surface area contributed by atoms with E-state index in [1.165, 1.54) is 19.1 Å². The highest BCUT2D eigenvalue weighted by atomic mass is 35.5. The lowest BCUT2D eigenvalue weighted by atomic mass is 10.1. The van der Waals surface area contributed by atoms with E-state index in [9.17, 15) is 14.0 Å². The van der Waals surface area contributed by atoms with Gasteiger partial charge in [-0.05, 0) is 31.2 Å². The number of carbonyl (C=O) groups is 2. The van der Waals surface area contributed by atoms with Gasteiger partial charge in [0.1, 0.15) is 5.82 Å². The number of hydrogen-bond acceptors (Lipinski definition) is 2. The molecule has 0 fully saturated rings. The first-order valence-electron chi connectivity index (χ1n) is 5.86. The molecule has 0 aliphatic carbocycles. The van der Waals surface area contributed by atoms with Crippen molar-refractivity contribution in [2.45, 2.75) is 6.92 Å². The molecule has 3 nitrogen and oxygen atoms in total. The molecule has 20 heavy (non-hydrogen) atoms. The molecule has 0 heterocycles. The van der Waals surface area contributed by atoms with Crippen LogP contribution in [-0.2, 0) is 0 Å². The third-order valence-corrected chi connectivity index (χ3v) is 3.06. The number of para-hydroxylation sites is 1. The van der Waals surface area contributed by atoms with E-state index >= 15 is 0 Å². The summed E-state index contributed by atoms with van der Waals surface area (Å²) in [7, 11) is 0. The topological polar surface area (TPSA) is 46.2 Å². The van der Waals surface area contributed by atoms with E-state index in [2.05, 4.69) is 5.32 Å². The average molecular weight is 292 g/mol. The Bertz CT molecular complexity index is 665. The van der Waals surface area contributed by atoms with Crippen molar-refractivity contribution in [1.29, 1.82) is 0 Å². The zero-order chi connectivity index (χ0) is 14.7. The van der Waals surface area contributed by atoms with Crippen LogP contribution >= 0.6 is 11.6 Å². The molecule has 0 saturated carbocycles. The lowest BCUT2D eigenvalue weighted by Crippen LogP contribution is -2.16. The Labute approximate surface area is 120 Å². The highest BCUT2D eigenvalue weighted by Crippen LogP contribution is 2.22. The first-order chi connectivity index (χ1) is 9.50. The normalized spacial score (nSPS) is 10.2. The lowest BCUT2D eigenvalue weighted by Gasteiger charge is -2.10. The van der Waals surface area contributed by atoms with Crippen LogP contribution in [0.3, 0.4) is 0 Å². The van der Waals surface area contributed by atoms with E-state index in [0.717, 1.165) is 6.07 Å². The molecule has 0 aliphatic rings. The maximum atomic E-state index is 13.7. The fourth-order valence-electron chi connectivity index (χ4n) is 1.80. The number of halogens is 2. The Kier molecular flexibility index (Phi) is 4.15. The van der Waals surface area contributed by atoms with Crippen LogP contribution in [0, 0.1) is 5.82 Å². The SMILES string of the molecule is CC(=O)c1ccccc1NC(=O)c1c(F)cccc1Cl. The fourth-order valence-corrected chi connectivity index (χ4v) is 2.05. The lowest BCUT2D eigenvalue weighted by molar-refractivity contribution is 0.101. The number of rotatable bonds is 3.